The highest BCUT2D eigenvalue weighted by atomic mass is 32.1. The molecule has 8 heteroatoms. The first-order chi connectivity index (χ1) is 14.2. The van der Waals surface area contributed by atoms with Gasteiger partial charge in [-0.25, -0.2) is 9.78 Å². The Balaban J connectivity index is 1.23. The number of nitrogens with one attached hydrogen (secondary N) is 1. The first-order valence-corrected chi connectivity index (χ1v) is 9.90. The van der Waals surface area contributed by atoms with Gasteiger partial charge in [-0.05, 0) is 12.1 Å². The summed E-state index contributed by atoms with van der Waals surface area (Å²) in [6, 6.07) is 16.9. The van der Waals surface area contributed by atoms with Crippen LogP contribution in [0.4, 0.5) is 0 Å². The maximum absolute atomic E-state index is 12.1. The summed E-state index contributed by atoms with van der Waals surface area (Å²) in [6.07, 6.45) is -0.309. The quantitative estimate of drug-likeness (QED) is 0.629. The van der Waals surface area contributed by atoms with E-state index in [9.17, 15) is 9.59 Å². The number of rotatable bonds is 6. The van der Waals surface area contributed by atoms with Gasteiger partial charge in [0.25, 0.3) is 5.91 Å². The summed E-state index contributed by atoms with van der Waals surface area (Å²) < 4.78 is 16.4. The molecule has 1 amide bonds. The predicted molar refractivity (Wildman–Crippen MR) is 107 cm³/mol. The first-order valence-electron chi connectivity index (χ1n) is 9.02. The number of esters is 1. The Morgan fingerprint density at radius 2 is 1.86 bits per heavy atom. The van der Waals surface area contributed by atoms with Crippen molar-refractivity contribution in [1.82, 2.24) is 10.3 Å². The number of fused-ring (bicyclic) bond motifs is 1. The van der Waals surface area contributed by atoms with Crippen molar-refractivity contribution in [3.8, 4) is 22.1 Å². The van der Waals surface area contributed by atoms with E-state index in [4.69, 9.17) is 14.2 Å². The van der Waals surface area contributed by atoms with Crippen molar-refractivity contribution in [2.75, 3.05) is 19.8 Å². The lowest BCUT2D eigenvalue weighted by Crippen LogP contribution is -2.42. The average molecular weight is 410 g/mol. The SMILES string of the molecule is O=C(COC(=O)c1csc(-c2ccccc2)n1)NC[C@@H]1COc2ccccc2O1. The Bertz CT molecular complexity index is 1010. The van der Waals surface area contributed by atoms with E-state index in [0.717, 1.165) is 10.6 Å². The lowest BCUT2D eigenvalue weighted by Gasteiger charge is -2.26. The van der Waals surface area contributed by atoms with Crippen LogP contribution in [0.5, 0.6) is 11.5 Å². The van der Waals surface area contributed by atoms with E-state index in [2.05, 4.69) is 10.3 Å². The predicted octanol–water partition coefficient (Wildman–Crippen LogP) is 2.92. The summed E-state index contributed by atoms with van der Waals surface area (Å²) in [5.41, 5.74) is 1.10. The number of hydrogen-bond acceptors (Lipinski definition) is 7. The van der Waals surface area contributed by atoms with Gasteiger partial charge in [0.2, 0.25) is 0 Å². The molecule has 148 valence electrons. The Hall–Kier alpha value is -3.39. The van der Waals surface area contributed by atoms with Gasteiger partial charge in [-0.1, -0.05) is 42.5 Å². The number of aromatic nitrogens is 1. The summed E-state index contributed by atoms with van der Waals surface area (Å²) in [5.74, 6) is 0.272. The van der Waals surface area contributed by atoms with E-state index in [0.29, 0.717) is 18.1 Å². The number of hydrogen-bond donors (Lipinski definition) is 1. The Kier molecular flexibility index (Phi) is 5.71. The third kappa shape index (κ3) is 4.72. The number of benzene rings is 2. The van der Waals surface area contributed by atoms with Gasteiger partial charge in [0.15, 0.2) is 23.8 Å². The van der Waals surface area contributed by atoms with Crippen LogP contribution in [0.25, 0.3) is 10.6 Å². The molecule has 1 atom stereocenters. The van der Waals surface area contributed by atoms with Crippen LogP contribution >= 0.6 is 11.3 Å². The summed E-state index contributed by atoms with van der Waals surface area (Å²) >= 11 is 1.35. The fourth-order valence-electron chi connectivity index (χ4n) is 2.73. The van der Waals surface area contributed by atoms with Crippen LogP contribution in [0.3, 0.4) is 0 Å². The summed E-state index contributed by atoms with van der Waals surface area (Å²) in [4.78, 5) is 28.4. The van der Waals surface area contributed by atoms with Crippen LogP contribution < -0.4 is 14.8 Å². The largest absolute Gasteiger partial charge is 0.486 e. The minimum Gasteiger partial charge on any atom is -0.486 e. The van der Waals surface area contributed by atoms with Crippen molar-refractivity contribution < 1.29 is 23.8 Å². The lowest BCUT2D eigenvalue weighted by atomic mass is 10.2. The van der Waals surface area contributed by atoms with Gasteiger partial charge in [0.05, 0.1) is 6.54 Å². The molecule has 1 aromatic heterocycles. The van der Waals surface area contributed by atoms with E-state index < -0.39 is 11.9 Å². The van der Waals surface area contributed by atoms with Crippen LogP contribution in [0.15, 0.2) is 60.0 Å². The van der Waals surface area contributed by atoms with Gasteiger partial charge in [0.1, 0.15) is 17.7 Å². The van der Waals surface area contributed by atoms with E-state index in [-0.39, 0.29) is 24.9 Å². The van der Waals surface area contributed by atoms with Crippen molar-refractivity contribution in [1.29, 1.82) is 0 Å². The minimum atomic E-state index is -0.634. The Morgan fingerprint density at radius 3 is 2.69 bits per heavy atom. The van der Waals surface area contributed by atoms with Crippen LogP contribution in [0.2, 0.25) is 0 Å². The second-order valence-electron chi connectivity index (χ2n) is 6.28. The van der Waals surface area contributed by atoms with Crippen molar-refractivity contribution in [2.45, 2.75) is 6.10 Å². The van der Waals surface area contributed by atoms with Gasteiger partial charge in [-0.2, -0.15) is 0 Å². The summed E-state index contributed by atoms with van der Waals surface area (Å²) in [7, 11) is 0. The van der Waals surface area contributed by atoms with E-state index in [1.165, 1.54) is 11.3 Å². The molecule has 1 aliphatic heterocycles. The zero-order valence-corrected chi connectivity index (χ0v) is 16.2. The maximum Gasteiger partial charge on any atom is 0.358 e. The highest BCUT2D eigenvalue weighted by Crippen LogP contribution is 2.30. The zero-order chi connectivity index (χ0) is 20.1. The lowest BCUT2D eigenvalue weighted by molar-refractivity contribution is -0.124. The molecule has 0 unspecified atom stereocenters. The molecule has 0 spiro atoms. The van der Waals surface area contributed by atoms with Crippen molar-refractivity contribution >= 4 is 23.2 Å². The first kappa shape index (κ1) is 18.9. The van der Waals surface area contributed by atoms with Crippen molar-refractivity contribution in [2.24, 2.45) is 0 Å². The smallest absolute Gasteiger partial charge is 0.358 e. The molecule has 7 nitrogen and oxygen atoms in total. The topological polar surface area (TPSA) is 86.8 Å². The van der Waals surface area contributed by atoms with Crippen LogP contribution in [0.1, 0.15) is 10.5 Å². The molecule has 2 aromatic carbocycles. The second kappa shape index (κ2) is 8.74. The zero-order valence-electron chi connectivity index (χ0n) is 15.4. The Morgan fingerprint density at radius 1 is 1.10 bits per heavy atom. The van der Waals surface area contributed by atoms with Gasteiger partial charge >= 0.3 is 5.97 Å². The van der Waals surface area contributed by atoms with Gasteiger partial charge in [-0.3, -0.25) is 4.79 Å². The highest BCUT2D eigenvalue weighted by molar-refractivity contribution is 7.13. The molecule has 4 rings (SSSR count). The monoisotopic (exact) mass is 410 g/mol. The van der Waals surface area contributed by atoms with Gasteiger partial charge in [0, 0.05) is 10.9 Å². The molecule has 0 aliphatic carbocycles. The third-order valence-electron chi connectivity index (χ3n) is 4.16. The number of carbonyl (C=O) groups is 2. The van der Waals surface area contributed by atoms with Crippen molar-refractivity contribution in [3.05, 3.63) is 65.7 Å². The number of thiazole rings is 1. The van der Waals surface area contributed by atoms with Crippen LogP contribution in [0, 0.1) is 0 Å². The summed E-state index contributed by atoms with van der Waals surface area (Å²) in [5, 5.41) is 5.02. The molecule has 0 bridgehead atoms. The number of carbonyl (C=O) groups excluding carboxylic acids is 2. The molecule has 1 aliphatic rings. The molecular weight excluding hydrogens is 392 g/mol. The summed E-state index contributed by atoms with van der Waals surface area (Å²) in [6.45, 7) is 0.193. The van der Waals surface area contributed by atoms with Crippen LogP contribution in [-0.4, -0.2) is 42.7 Å². The molecule has 0 saturated heterocycles. The Labute approximate surface area is 171 Å². The fraction of sp³-hybridized carbons (Fsp3) is 0.190. The molecule has 29 heavy (non-hydrogen) atoms. The standard InChI is InChI=1S/C21H18N2O5S/c24-19(22-10-15-11-26-17-8-4-5-9-18(17)28-15)12-27-21(25)16-13-29-20(23-16)14-6-2-1-3-7-14/h1-9,13,15H,10-12H2,(H,22,24)/t15-/m1/s1. The molecule has 0 radical (unpaired) electrons. The van der Waals surface area contributed by atoms with Gasteiger partial charge < -0.3 is 19.5 Å². The molecule has 3 aromatic rings. The second-order valence-corrected chi connectivity index (χ2v) is 7.14. The molecule has 0 saturated carbocycles. The third-order valence-corrected chi connectivity index (χ3v) is 5.05. The molecular formula is C21H18N2O5S. The highest BCUT2D eigenvalue weighted by Gasteiger charge is 2.21. The van der Waals surface area contributed by atoms with E-state index >= 15 is 0 Å². The normalized spacial score (nSPS) is 14.8. The minimum absolute atomic E-state index is 0.183. The van der Waals surface area contributed by atoms with Crippen molar-refractivity contribution in [3.63, 3.8) is 0 Å². The van der Waals surface area contributed by atoms with Crippen LogP contribution in [-0.2, 0) is 9.53 Å². The number of amides is 1. The molecule has 1 N–H and O–H groups in total. The number of nitrogens with zero attached hydrogens (tertiary/aromatic N) is 1. The number of para-hydroxylation sites is 2. The molecule has 2 heterocycles. The van der Waals surface area contributed by atoms with Gasteiger partial charge in [-0.15, -0.1) is 11.3 Å². The van der Waals surface area contributed by atoms with E-state index in [1.54, 1.807) is 5.38 Å². The van der Waals surface area contributed by atoms with E-state index in [1.807, 2.05) is 54.6 Å². The molecule has 0 fully saturated rings. The maximum atomic E-state index is 12.1. The average Bonchev–Trinajstić information content (AvgIpc) is 3.27. The fourth-order valence-corrected chi connectivity index (χ4v) is 3.52. The number of ether oxygens (including phenoxy) is 3.